The van der Waals surface area contributed by atoms with Crippen LogP contribution in [0, 0.1) is 0 Å². The molecule has 3 amide bonds. The largest absolute Gasteiger partial charge is 0.480 e. The van der Waals surface area contributed by atoms with Gasteiger partial charge in [0.15, 0.2) is 0 Å². The quantitative estimate of drug-likeness (QED) is 0.0937. The van der Waals surface area contributed by atoms with Crippen LogP contribution in [0.3, 0.4) is 0 Å². The highest BCUT2D eigenvalue weighted by Gasteiger charge is 2.29. The zero-order valence-corrected chi connectivity index (χ0v) is 21.2. The van der Waals surface area contributed by atoms with Crippen molar-refractivity contribution in [3.8, 4) is 0 Å². The average molecular weight is 512 g/mol. The molecule has 0 spiro atoms. The van der Waals surface area contributed by atoms with Gasteiger partial charge >= 0.3 is 5.97 Å². The van der Waals surface area contributed by atoms with Crippen molar-refractivity contribution in [3.63, 3.8) is 0 Å². The third-order valence-electron chi connectivity index (χ3n) is 4.58. The Balaban J connectivity index is 5.37. The van der Waals surface area contributed by atoms with Gasteiger partial charge in [-0.15, -0.1) is 0 Å². The van der Waals surface area contributed by atoms with E-state index in [2.05, 4.69) is 28.6 Å². The Bertz CT molecular complexity index is 600. The lowest BCUT2D eigenvalue weighted by atomic mass is 10.1. The number of nitrogens with two attached hydrogens (primary N) is 2. The first-order valence-electron chi connectivity index (χ1n) is 10.4. The molecule has 0 fully saturated rings. The summed E-state index contributed by atoms with van der Waals surface area (Å²) >= 11 is 6.99. The van der Waals surface area contributed by atoms with Crippen molar-refractivity contribution in [2.24, 2.45) is 11.5 Å². The van der Waals surface area contributed by atoms with Gasteiger partial charge in [-0.1, -0.05) is 0 Å². The summed E-state index contributed by atoms with van der Waals surface area (Å²) in [6.45, 7) is 0.432. The highest BCUT2D eigenvalue weighted by Crippen LogP contribution is 2.07. The Morgan fingerprint density at radius 1 is 0.844 bits per heavy atom. The van der Waals surface area contributed by atoms with Crippen LogP contribution in [-0.2, 0) is 19.2 Å². The van der Waals surface area contributed by atoms with E-state index >= 15 is 0 Å². The van der Waals surface area contributed by atoms with Crippen LogP contribution in [0.4, 0.5) is 0 Å². The van der Waals surface area contributed by atoms with Crippen LogP contribution in [0.1, 0.15) is 32.1 Å². The first kappa shape index (κ1) is 30.9. The van der Waals surface area contributed by atoms with E-state index in [4.69, 9.17) is 11.5 Å². The van der Waals surface area contributed by atoms with Crippen molar-refractivity contribution >= 4 is 59.8 Å². The Kier molecular flexibility index (Phi) is 17.6. The number of hydrogen-bond donors (Lipinski definition) is 7. The molecule has 0 aliphatic rings. The predicted molar refractivity (Wildman–Crippen MR) is 134 cm³/mol. The standard InChI is InChI=1S/C19H37N5O5S3/c1-31-9-6-14(22-16(25)12(21)11-30)18(27)23-13(5-3-4-8-20)17(26)24-15(19(28)29)7-10-32-2/h12-15,30H,3-11,20-21H2,1-2H3,(H,22,25)(H,23,27)(H,24,26)(H,28,29). The van der Waals surface area contributed by atoms with Crippen LogP contribution in [0.15, 0.2) is 0 Å². The second-order valence-corrected chi connectivity index (χ2v) is 9.49. The van der Waals surface area contributed by atoms with Gasteiger partial charge in [-0.2, -0.15) is 36.2 Å². The highest BCUT2D eigenvalue weighted by atomic mass is 32.2. The smallest absolute Gasteiger partial charge is 0.326 e. The summed E-state index contributed by atoms with van der Waals surface area (Å²) in [7, 11) is 0. The molecule has 4 unspecified atom stereocenters. The first-order chi connectivity index (χ1) is 15.2. The number of aliphatic carboxylic acids is 1. The number of thiol groups is 1. The van der Waals surface area contributed by atoms with Gasteiger partial charge in [0.1, 0.15) is 18.1 Å². The van der Waals surface area contributed by atoms with Crippen LogP contribution in [0.5, 0.6) is 0 Å². The first-order valence-corrected chi connectivity index (χ1v) is 13.8. The average Bonchev–Trinajstić information content (AvgIpc) is 2.77. The fraction of sp³-hybridized carbons (Fsp3) is 0.789. The third kappa shape index (κ3) is 12.8. The van der Waals surface area contributed by atoms with E-state index in [0.29, 0.717) is 43.7 Å². The van der Waals surface area contributed by atoms with Crippen LogP contribution in [0.2, 0.25) is 0 Å². The molecule has 0 aromatic rings. The predicted octanol–water partition coefficient (Wildman–Crippen LogP) is -0.582. The van der Waals surface area contributed by atoms with E-state index in [1.165, 1.54) is 23.5 Å². The Hall–Kier alpha value is -1.15. The molecule has 0 aliphatic heterocycles. The lowest BCUT2D eigenvalue weighted by molar-refractivity contribution is -0.142. The minimum absolute atomic E-state index is 0.124. The second-order valence-electron chi connectivity index (χ2n) is 7.16. The van der Waals surface area contributed by atoms with Crippen LogP contribution in [0.25, 0.3) is 0 Å². The summed E-state index contributed by atoms with van der Waals surface area (Å²) in [6.07, 6.45) is 5.85. The fourth-order valence-electron chi connectivity index (χ4n) is 2.67. The summed E-state index contributed by atoms with van der Waals surface area (Å²) in [6, 6.07) is -3.74. The zero-order chi connectivity index (χ0) is 24.5. The van der Waals surface area contributed by atoms with E-state index in [1.807, 2.05) is 12.5 Å². The third-order valence-corrected chi connectivity index (χ3v) is 6.26. The molecule has 0 heterocycles. The molecule has 0 aromatic carbocycles. The van der Waals surface area contributed by atoms with E-state index in [9.17, 15) is 24.3 Å². The molecule has 0 aromatic heterocycles. The van der Waals surface area contributed by atoms with E-state index < -0.39 is 47.9 Å². The van der Waals surface area contributed by atoms with Crippen molar-refractivity contribution in [2.75, 3.05) is 36.3 Å². The summed E-state index contributed by atoms with van der Waals surface area (Å²) < 4.78 is 0. The number of thioether (sulfide) groups is 2. The lowest BCUT2D eigenvalue weighted by Crippen LogP contribution is -2.57. The molecule has 8 N–H and O–H groups in total. The van der Waals surface area contributed by atoms with Crippen LogP contribution < -0.4 is 27.4 Å². The topological polar surface area (TPSA) is 177 Å². The van der Waals surface area contributed by atoms with E-state index in [0.717, 1.165) is 0 Å². The normalized spacial score (nSPS) is 14.7. The second kappa shape index (κ2) is 18.3. The fourth-order valence-corrected chi connectivity index (χ4v) is 3.77. The van der Waals surface area contributed by atoms with E-state index in [1.54, 1.807) is 0 Å². The van der Waals surface area contributed by atoms with Crippen LogP contribution in [-0.4, -0.2) is 89.3 Å². The molecule has 32 heavy (non-hydrogen) atoms. The van der Waals surface area contributed by atoms with Gasteiger partial charge in [-0.25, -0.2) is 4.79 Å². The minimum Gasteiger partial charge on any atom is -0.480 e. The van der Waals surface area contributed by atoms with Crippen molar-refractivity contribution in [1.82, 2.24) is 16.0 Å². The van der Waals surface area contributed by atoms with Crippen molar-refractivity contribution in [2.45, 2.75) is 56.3 Å². The van der Waals surface area contributed by atoms with Gasteiger partial charge in [0.2, 0.25) is 17.7 Å². The minimum atomic E-state index is -1.13. The molecule has 4 atom stereocenters. The van der Waals surface area contributed by atoms with Crippen LogP contribution >= 0.6 is 36.2 Å². The van der Waals surface area contributed by atoms with Crippen molar-refractivity contribution in [3.05, 3.63) is 0 Å². The number of carboxylic acids is 1. The molecule has 0 aliphatic carbocycles. The maximum absolute atomic E-state index is 12.9. The molecule has 0 rings (SSSR count). The molecule has 0 saturated heterocycles. The van der Waals surface area contributed by atoms with E-state index in [-0.39, 0.29) is 12.2 Å². The Labute approximate surface area is 203 Å². The monoisotopic (exact) mass is 511 g/mol. The molecule has 13 heteroatoms. The van der Waals surface area contributed by atoms with Gasteiger partial charge in [-0.05, 0) is 62.7 Å². The highest BCUT2D eigenvalue weighted by molar-refractivity contribution is 7.98. The summed E-state index contributed by atoms with van der Waals surface area (Å²) in [5, 5.41) is 17.2. The number of carbonyl (C=O) groups excluding carboxylic acids is 3. The summed E-state index contributed by atoms with van der Waals surface area (Å²) in [4.78, 5) is 49.4. The van der Waals surface area contributed by atoms with Gasteiger partial charge < -0.3 is 32.5 Å². The van der Waals surface area contributed by atoms with Gasteiger partial charge in [0, 0.05) is 5.75 Å². The molecular formula is C19H37N5O5S3. The van der Waals surface area contributed by atoms with Gasteiger partial charge in [-0.3, -0.25) is 14.4 Å². The van der Waals surface area contributed by atoms with Gasteiger partial charge in [0.05, 0.1) is 6.04 Å². The number of carbonyl (C=O) groups is 4. The molecule has 0 bridgehead atoms. The SMILES string of the molecule is CSCCC(NC(=O)C(CCCCN)NC(=O)C(CCSC)NC(=O)C(N)CS)C(=O)O. The number of hydrogen-bond acceptors (Lipinski definition) is 9. The zero-order valence-electron chi connectivity index (χ0n) is 18.7. The maximum Gasteiger partial charge on any atom is 0.326 e. The van der Waals surface area contributed by atoms with Crippen molar-refractivity contribution in [1.29, 1.82) is 0 Å². The summed E-state index contributed by atoms with van der Waals surface area (Å²) in [5.41, 5.74) is 11.2. The molecule has 0 radical (unpaired) electrons. The number of amides is 3. The lowest BCUT2D eigenvalue weighted by Gasteiger charge is -2.25. The van der Waals surface area contributed by atoms with Crippen molar-refractivity contribution < 1.29 is 24.3 Å². The molecule has 0 saturated carbocycles. The van der Waals surface area contributed by atoms with Gasteiger partial charge in [0.25, 0.3) is 0 Å². The molecular weight excluding hydrogens is 474 g/mol. The molecule has 186 valence electrons. The number of carboxylic acid groups (broad SMARTS) is 1. The number of unbranched alkanes of at least 4 members (excludes halogenated alkanes) is 1. The maximum atomic E-state index is 12.9. The Morgan fingerprint density at radius 2 is 1.31 bits per heavy atom. The molecule has 10 nitrogen and oxygen atoms in total. The number of nitrogens with one attached hydrogen (secondary N) is 3. The summed E-state index contributed by atoms with van der Waals surface area (Å²) in [5.74, 6) is -1.45. The Morgan fingerprint density at radius 3 is 1.78 bits per heavy atom. The number of rotatable bonds is 18.